The molecule has 31 heavy (non-hydrogen) atoms. The van der Waals surface area contributed by atoms with Crippen molar-refractivity contribution in [3.05, 3.63) is 65.5 Å². The van der Waals surface area contributed by atoms with E-state index in [1.54, 1.807) is 11.1 Å². The minimum Gasteiger partial charge on any atom is -0.491 e. The van der Waals surface area contributed by atoms with Crippen molar-refractivity contribution in [2.45, 2.75) is 25.1 Å². The first-order chi connectivity index (χ1) is 15.0. The Kier molecular flexibility index (Phi) is 6.36. The predicted octanol–water partition coefficient (Wildman–Crippen LogP) is 0.124. The maximum atomic E-state index is 12.9. The summed E-state index contributed by atoms with van der Waals surface area (Å²) in [7, 11) is 0. The highest BCUT2D eigenvalue weighted by Gasteiger charge is 2.36. The van der Waals surface area contributed by atoms with Crippen molar-refractivity contribution in [3.8, 4) is 5.75 Å². The molecule has 9 heteroatoms. The van der Waals surface area contributed by atoms with Gasteiger partial charge in [-0.15, -0.1) is 0 Å². The molecule has 1 aromatic carbocycles. The van der Waals surface area contributed by atoms with E-state index in [-0.39, 0.29) is 25.2 Å². The van der Waals surface area contributed by atoms with E-state index in [2.05, 4.69) is 21.1 Å². The minimum absolute atomic E-state index is 0.0123. The lowest BCUT2D eigenvalue weighted by atomic mass is 10.1. The standard InChI is InChI=1S/C22H27N5O4/c1-14-9-16(7-8-23-14)25-22(30)20-11-24-21-6-5-19(26-27(20)21)15-3-2-4-18(10-15)31-13-17(29)12-28/h2-7,9-10,17,19-20,23,26,28-29H,8,11-13H2,1H3,(H,25,30)/t17-,19?,20?/m1/s1. The number of hydrogen-bond donors (Lipinski definition) is 5. The summed E-state index contributed by atoms with van der Waals surface area (Å²) in [4.78, 5) is 17.4. The number of aliphatic hydroxyl groups excluding tert-OH is 2. The van der Waals surface area contributed by atoms with Crippen LogP contribution in [0.5, 0.6) is 5.75 Å². The maximum absolute atomic E-state index is 12.9. The van der Waals surface area contributed by atoms with Gasteiger partial charge in [-0.2, -0.15) is 0 Å². The van der Waals surface area contributed by atoms with Crippen LogP contribution >= 0.6 is 0 Å². The van der Waals surface area contributed by atoms with Gasteiger partial charge in [-0.1, -0.05) is 18.2 Å². The number of carbonyl (C=O) groups excluding carboxylic acids is 1. The van der Waals surface area contributed by atoms with Crippen LogP contribution < -0.4 is 20.8 Å². The van der Waals surface area contributed by atoms with Crippen LogP contribution in [-0.2, 0) is 4.79 Å². The molecule has 3 atom stereocenters. The number of carbonyl (C=O) groups is 1. The molecule has 9 nitrogen and oxygen atoms in total. The lowest BCUT2D eigenvalue weighted by Gasteiger charge is -2.33. The number of aliphatic imine (C=N–C) groups is 1. The number of aliphatic hydroxyl groups is 2. The monoisotopic (exact) mass is 425 g/mol. The molecule has 0 saturated carbocycles. The quantitative estimate of drug-likeness (QED) is 0.421. The third-order valence-electron chi connectivity index (χ3n) is 5.22. The Morgan fingerprint density at radius 1 is 1.45 bits per heavy atom. The molecule has 0 aromatic heterocycles. The van der Waals surface area contributed by atoms with E-state index in [1.807, 2.05) is 49.4 Å². The molecule has 3 heterocycles. The summed E-state index contributed by atoms with van der Waals surface area (Å²) in [5.41, 5.74) is 6.11. The van der Waals surface area contributed by atoms with Crippen LogP contribution in [0.2, 0.25) is 0 Å². The van der Waals surface area contributed by atoms with Gasteiger partial charge < -0.3 is 25.6 Å². The van der Waals surface area contributed by atoms with E-state index in [9.17, 15) is 9.90 Å². The molecule has 0 spiro atoms. The number of rotatable bonds is 7. The molecule has 1 amide bonds. The van der Waals surface area contributed by atoms with Crippen molar-refractivity contribution in [3.63, 3.8) is 0 Å². The fourth-order valence-electron chi connectivity index (χ4n) is 3.57. The molecule has 0 radical (unpaired) electrons. The van der Waals surface area contributed by atoms with Crippen LogP contribution in [0.15, 0.2) is 65.0 Å². The third kappa shape index (κ3) is 4.96. The fraction of sp³-hybridized carbons (Fsp3) is 0.364. The number of hydrazine groups is 1. The first-order valence-corrected chi connectivity index (χ1v) is 10.3. The van der Waals surface area contributed by atoms with Crippen molar-refractivity contribution >= 4 is 11.7 Å². The van der Waals surface area contributed by atoms with E-state index in [0.29, 0.717) is 18.8 Å². The van der Waals surface area contributed by atoms with Crippen molar-refractivity contribution in [2.24, 2.45) is 4.99 Å². The second-order valence-corrected chi connectivity index (χ2v) is 7.63. The molecule has 164 valence electrons. The molecular formula is C22H27N5O4. The van der Waals surface area contributed by atoms with Crippen LogP contribution in [0.25, 0.3) is 0 Å². The Morgan fingerprint density at radius 3 is 3.13 bits per heavy atom. The second kappa shape index (κ2) is 9.34. The van der Waals surface area contributed by atoms with Gasteiger partial charge in [-0.25, -0.2) is 5.43 Å². The maximum Gasteiger partial charge on any atom is 0.250 e. The highest BCUT2D eigenvalue weighted by atomic mass is 16.5. The number of nitrogens with one attached hydrogen (secondary N) is 3. The zero-order valence-corrected chi connectivity index (χ0v) is 17.3. The number of ether oxygens (including phenoxy) is 1. The molecule has 5 N–H and O–H groups in total. The summed E-state index contributed by atoms with van der Waals surface area (Å²) in [6.07, 6.45) is 6.81. The van der Waals surface area contributed by atoms with Gasteiger partial charge in [0.25, 0.3) is 5.91 Å². The highest BCUT2D eigenvalue weighted by molar-refractivity contribution is 5.99. The minimum atomic E-state index is -0.923. The van der Waals surface area contributed by atoms with Gasteiger partial charge in [-0.3, -0.25) is 14.8 Å². The Bertz CT molecular complexity index is 955. The third-order valence-corrected chi connectivity index (χ3v) is 5.22. The lowest BCUT2D eigenvalue weighted by Crippen LogP contribution is -2.55. The summed E-state index contributed by atoms with van der Waals surface area (Å²) in [6.45, 7) is 2.68. The molecule has 4 rings (SSSR count). The number of dihydropyridines is 1. The average molecular weight is 425 g/mol. The van der Waals surface area contributed by atoms with Crippen LogP contribution in [0.4, 0.5) is 0 Å². The largest absolute Gasteiger partial charge is 0.491 e. The van der Waals surface area contributed by atoms with Gasteiger partial charge in [0.2, 0.25) is 0 Å². The van der Waals surface area contributed by atoms with Crippen molar-refractivity contribution in [2.75, 3.05) is 26.3 Å². The predicted molar refractivity (Wildman–Crippen MR) is 116 cm³/mol. The molecule has 1 aromatic rings. The second-order valence-electron chi connectivity index (χ2n) is 7.63. The zero-order chi connectivity index (χ0) is 21.8. The van der Waals surface area contributed by atoms with E-state index < -0.39 is 12.1 Å². The van der Waals surface area contributed by atoms with E-state index in [1.165, 1.54) is 0 Å². The number of nitrogens with zero attached hydrogens (tertiary/aromatic N) is 2. The van der Waals surface area contributed by atoms with Crippen LogP contribution in [0.1, 0.15) is 18.5 Å². The molecule has 2 unspecified atom stereocenters. The van der Waals surface area contributed by atoms with E-state index in [0.717, 1.165) is 22.8 Å². The number of benzene rings is 1. The van der Waals surface area contributed by atoms with Gasteiger partial charge >= 0.3 is 0 Å². The lowest BCUT2D eigenvalue weighted by molar-refractivity contribution is -0.124. The van der Waals surface area contributed by atoms with Crippen LogP contribution in [-0.4, -0.2) is 65.4 Å². The molecule has 3 aliphatic rings. The molecule has 0 fully saturated rings. The molecular weight excluding hydrogens is 398 g/mol. The summed E-state index contributed by atoms with van der Waals surface area (Å²) < 4.78 is 5.55. The van der Waals surface area contributed by atoms with Crippen molar-refractivity contribution in [1.29, 1.82) is 0 Å². The average Bonchev–Trinajstić information content (AvgIpc) is 3.21. The summed E-state index contributed by atoms with van der Waals surface area (Å²) in [5.74, 6) is 1.20. The first kappa shape index (κ1) is 21.1. The van der Waals surface area contributed by atoms with Crippen molar-refractivity contribution < 1.29 is 19.7 Å². The Labute approximate surface area is 180 Å². The highest BCUT2D eigenvalue weighted by Crippen LogP contribution is 2.25. The Balaban J connectivity index is 1.42. The van der Waals surface area contributed by atoms with Crippen LogP contribution in [0, 0.1) is 0 Å². The summed E-state index contributed by atoms with van der Waals surface area (Å²) in [5, 5.41) is 26.4. The fourth-order valence-corrected chi connectivity index (χ4v) is 3.57. The van der Waals surface area contributed by atoms with E-state index in [4.69, 9.17) is 9.84 Å². The SMILES string of the molecule is CC1=CC(NC(=O)C2CN=C3C=CC(c4cccc(OC[C@H](O)CO)c4)NN32)=CCN1. The Morgan fingerprint density at radius 2 is 2.32 bits per heavy atom. The molecule has 0 aliphatic carbocycles. The molecule has 0 saturated heterocycles. The van der Waals surface area contributed by atoms with Gasteiger partial charge in [0.1, 0.15) is 30.3 Å². The Hall–Kier alpha value is -3.14. The van der Waals surface area contributed by atoms with Gasteiger partial charge in [0.05, 0.1) is 19.2 Å². The molecule has 0 bridgehead atoms. The first-order valence-electron chi connectivity index (χ1n) is 10.3. The number of allylic oxidation sites excluding steroid dienone is 2. The normalized spacial score (nSPS) is 23.2. The smallest absolute Gasteiger partial charge is 0.250 e. The van der Waals surface area contributed by atoms with Crippen molar-refractivity contribution in [1.82, 2.24) is 21.1 Å². The summed E-state index contributed by atoms with van der Waals surface area (Å²) in [6, 6.07) is 6.86. The van der Waals surface area contributed by atoms with Gasteiger partial charge in [0, 0.05) is 17.9 Å². The summed E-state index contributed by atoms with van der Waals surface area (Å²) >= 11 is 0. The van der Waals surface area contributed by atoms with Crippen LogP contribution in [0.3, 0.4) is 0 Å². The number of amidine groups is 1. The number of hydrogen-bond acceptors (Lipinski definition) is 8. The number of amides is 1. The molecule has 3 aliphatic heterocycles. The number of fused-ring (bicyclic) bond motifs is 1. The van der Waals surface area contributed by atoms with E-state index >= 15 is 0 Å². The van der Waals surface area contributed by atoms with Gasteiger partial charge in [-0.05, 0) is 42.8 Å². The van der Waals surface area contributed by atoms with Gasteiger partial charge in [0.15, 0.2) is 0 Å². The zero-order valence-electron chi connectivity index (χ0n) is 17.3. The topological polar surface area (TPSA) is 118 Å².